The van der Waals surface area contributed by atoms with E-state index < -0.39 is 20.9 Å². The first-order valence-corrected chi connectivity index (χ1v) is 34.4. The van der Waals surface area contributed by atoms with Crippen LogP contribution in [0.5, 0.6) is 46.0 Å². The summed E-state index contributed by atoms with van der Waals surface area (Å²) < 4.78 is 26.5. The van der Waals surface area contributed by atoms with Gasteiger partial charge < -0.3 is 48.9 Å². The average molecular weight is 1350 g/mol. The number of rotatable bonds is 24. The molecule has 0 aliphatic carbocycles. The van der Waals surface area contributed by atoms with Crippen molar-refractivity contribution in [3.8, 4) is 91.5 Å². The molecule has 8 unspecified atom stereocenters. The van der Waals surface area contributed by atoms with Gasteiger partial charge in [0.05, 0.1) is 78.4 Å². The Hall–Kier alpha value is -7.50. The van der Waals surface area contributed by atoms with Gasteiger partial charge in [0, 0.05) is 166 Å². The van der Waals surface area contributed by atoms with E-state index in [0.717, 1.165) is 22.3 Å². The second-order valence-electron chi connectivity index (χ2n) is 28.1. The molecule has 0 N–H and O–H groups in total. The normalized spacial score (nSPS) is 21.9. The molecule has 105 heavy (non-hydrogen) atoms. The zero-order valence-corrected chi connectivity index (χ0v) is 60.0. The molecule has 6 aliphatic heterocycles. The van der Waals surface area contributed by atoms with Gasteiger partial charge in [-0.15, -0.1) is 43.7 Å². The first-order valence-electron chi connectivity index (χ1n) is 34.4. The predicted molar refractivity (Wildman–Crippen MR) is 439 cm³/mol. The van der Waals surface area contributed by atoms with Gasteiger partial charge in [-0.25, -0.2) is 9.97 Å². The van der Waals surface area contributed by atoms with Crippen LogP contribution in [0.4, 0.5) is 0 Å². The van der Waals surface area contributed by atoms with Gasteiger partial charge in [-0.05, 0) is 191 Å². The van der Waals surface area contributed by atoms with Gasteiger partial charge in [-0.2, -0.15) is 0 Å². The van der Waals surface area contributed by atoms with Crippen LogP contribution in [0.3, 0.4) is 0 Å². The molecule has 0 saturated carbocycles. The molecule has 12 nitrogen and oxygen atoms in total. The fourth-order valence-corrected chi connectivity index (χ4v) is 15.8. The molecule has 4 fully saturated rings. The van der Waals surface area contributed by atoms with Crippen molar-refractivity contribution >= 4 is 221 Å². The van der Waals surface area contributed by atoms with Gasteiger partial charge in [-0.1, -0.05) is 48.5 Å². The van der Waals surface area contributed by atoms with Crippen LogP contribution in [0.15, 0.2) is 170 Å². The summed E-state index contributed by atoms with van der Waals surface area (Å²) in [5.41, 5.74) is 7.87. The van der Waals surface area contributed by atoms with Gasteiger partial charge in [0.2, 0.25) is 0 Å². The Balaban J connectivity index is 0.00000847. The summed E-state index contributed by atoms with van der Waals surface area (Å²) in [6.45, 7) is -0.649. The standard InChI is InChI=1S/C68H40B24N8O4.Zn/c69-81-61-65(85-73,89(61)77)29-33-1-9-37(10-2-33)101-41-17-21-45-49(25-41)57-94-53(45)93-54-46-22-18-42(102-38-11-3-34(4-12-38)30-66(86-74)62(82-70)90(66)78)26-50(46)58(95-54)97-56-48-24-20-44(104-40-15-7-36(8-16-40)32-68(88-76)64(84-72)92(68)80)28-52(48)60(99-56)100-59-51-27-43(19-23-47(51)55(96-57)98-59)103-39-13-5-35(6-14-39)31-67(87-75)63(83-71)91(67)79;/h1-28,61-64H,29-32H2;/q-2;+2/i81-1,82-1,83-1,84-1,85-1,86-1,87-1,88-1,89-1,90-1,91-1,92-1;. The Morgan fingerprint density at radius 3 is 0.790 bits per heavy atom. The molecule has 9 heterocycles. The summed E-state index contributed by atoms with van der Waals surface area (Å²) in [5, 5.41) is 0.885. The minimum Gasteiger partial charge on any atom is -0.457 e. The molecule has 11 aromatic rings. The van der Waals surface area contributed by atoms with E-state index in [1.165, 1.54) is 0 Å². The summed E-state index contributed by atoms with van der Waals surface area (Å²) >= 11 is 0. The van der Waals surface area contributed by atoms with E-state index in [1.54, 1.807) is 57.4 Å². The van der Waals surface area contributed by atoms with Crippen LogP contribution in [0, 0.1) is 0 Å². The van der Waals surface area contributed by atoms with E-state index in [1.807, 2.05) is 170 Å². The molecule has 8 aromatic carbocycles. The molecule has 8 bridgehead atoms. The van der Waals surface area contributed by atoms with E-state index in [0.29, 0.717) is 150 Å². The first-order chi connectivity index (χ1) is 50.6. The van der Waals surface area contributed by atoms with E-state index in [2.05, 4.69) is 0 Å². The third kappa shape index (κ3) is 12.7. The van der Waals surface area contributed by atoms with E-state index >= 15 is 0 Å². The van der Waals surface area contributed by atoms with Gasteiger partial charge >= 0.3 is 19.5 Å². The van der Waals surface area contributed by atoms with Crippen molar-refractivity contribution in [2.24, 2.45) is 0 Å². The molecule has 6 aliphatic rings. The SMILES string of the molecule is [B][10B]C1[10B]([B])C1([10B][B])Cc1ccc(Oc2ccc3c(c2)-c2nc-3nc3[n-]c(nc4nc(nc5[n-]c(n2)c2ccc(Oc6ccc(CC7([10B][B])[10B]([B])C7[10B][B])cc6)cc52)-c2cc(Oc5ccc(CC6([10B][B])[10B]([B])C6[10B][B])cc5)ccc2-4)c2cc(Oc4ccc(CC5([10B][B])[10B]([B])C5[10B][B])cc4)ccc32)cc1.[Zn+2]. The molecule has 0 amide bonds. The molecule has 32 radical (unpaired) electrons. The van der Waals surface area contributed by atoms with Crippen molar-refractivity contribution in [3.05, 3.63) is 192 Å². The van der Waals surface area contributed by atoms with Crippen molar-refractivity contribution < 1.29 is 38.4 Å². The molecule has 3 aromatic heterocycles. The minimum absolute atomic E-state index is 0. The number of hydrogen-bond donors (Lipinski definition) is 0. The van der Waals surface area contributed by atoms with Crippen molar-refractivity contribution in [2.75, 3.05) is 0 Å². The minimum atomic E-state index is -0.418. The quantitative estimate of drug-likeness (QED) is 0.0605. The fraction of sp³-hybridized carbons (Fsp3) is 0.176. The number of nitrogens with zero attached hydrogens (tertiary/aromatic N) is 8. The zero-order chi connectivity index (χ0) is 71.6. The average Bonchev–Trinajstić information content (AvgIpc) is 1.59. The van der Waals surface area contributed by atoms with Crippen LogP contribution in [0.1, 0.15) is 22.3 Å². The van der Waals surface area contributed by atoms with Gasteiger partial charge in [0.25, 0.3) is 0 Å². The van der Waals surface area contributed by atoms with Crippen molar-refractivity contribution in [2.45, 2.75) is 69.4 Å². The van der Waals surface area contributed by atoms with Crippen LogP contribution in [0.2, 0.25) is 43.7 Å². The number of aromatic nitrogens is 8. The van der Waals surface area contributed by atoms with E-state index in [4.69, 9.17) is 152 Å². The van der Waals surface area contributed by atoms with E-state index in [-0.39, 0.29) is 80.2 Å². The summed E-state index contributed by atoms with van der Waals surface area (Å²) in [6.07, 6.45) is 2.49. The summed E-state index contributed by atoms with van der Waals surface area (Å²) in [6, 6.07) is 54.0. The third-order valence-electron chi connectivity index (χ3n) is 22.4. The zero-order valence-electron chi connectivity index (χ0n) is 57.1. The maximum atomic E-state index is 6.63. The van der Waals surface area contributed by atoms with Crippen molar-refractivity contribution in [1.82, 2.24) is 39.9 Å². The predicted octanol–water partition coefficient (Wildman–Crippen LogP) is 6.56. The molecule has 0 spiro atoms. The molecule has 17 rings (SSSR count). The molecule has 4 saturated heterocycles. The van der Waals surface area contributed by atoms with Gasteiger partial charge in [0.1, 0.15) is 46.0 Å². The van der Waals surface area contributed by atoms with Crippen LogP contribution >= 0.6 is 0 Å². The van der Waals surface area contributed by atoms with Crippen LogP contribution in [-0.2, 0) is 45.2 Å². The number of ether oxygens (including phenoxy) is 4. The van der Waals surface area contributed by atoms with Crippen molar-refractivity contribution in [3.63, 3.8) is 0 Å². The summed E-state index contributed by atoms with van der Waals surface area (Å²) in [7, 11) is 87.4. The molecule has 450 valence electrons. The van der Waals surface area contributed by atoms with Crippen molar-refractivity contribution in [1.29, 1.82) is 0 Å². The Bertz CT molecular complexity index is 5380. The topological polar surface area (TPSA) is 142 Å². The fourth-order valence-electron chi connectivity index (χ4n) is 15.8. The smallest absolute Gasteiger partial charge is 0.457 e. The van der Waals surface area contributed by atoms with E-state index in [9.17, 15) is 0 Å². The molecular weight excluding hydrogens is 1310 g/mol. The number of benzene rings is 8. The molecular formula is C68H40B24N8O4Zn. The summed E-state index contributed by atoms with van der Waals surface area (Å²) in [5.74, 6) is 5.68. The Kier molecular flexibility index (Phi) is 19.3. The number of fused-ring (bicyclic) bond motifs is 20. The van der Waals surface area contributed by atoms with Crippen LogP contribution < -0.4 is 28.9 Å². The Morgan fingerprint density at radius 2 is 0.533 bits per heavy atom. The van der Waals surface area contributed by atoms with Gasteiger partial charge in [0.15, 0.2) is 0 Å². The molecule has 37 heteroatoms. The Labute approximate surface area is 647 Å². The maximum absolute atomic E-state index is 6.63. The van der Waals surface area contributed by atoms with Crippen LogP contribution in [-0.4, -0.2) is 207 Å². The monoisotopic (exact) mass is 1350 g/mol. The largest absolute Gasteiger partial charge is 2.00 e. The number of hydrogen-bond acceptors (Lipinski definition) is 10. The molecule has 8 atom stereocenters. The third-order valence-corrected chi connectivity index (χ3v) is 22.4. The van der Waals surface area contributed by atoms with Crippen LogP contribution in [0.25, 0.3) is 89.7 Å². The summed E-state index contributed by atoms with van der Waals surface area (Å²) in [4.78, 5) is 42.2. The second kappa shape index (κ2) is 28.3. The Morgan fingerprint density at radius 1 is 0.295 bits per heavy atom. The second-order valence-corrected chi connectivity index (χ2v) is 28.1. The maximum Gasteiger partial charge on any atom is 2.00 e. The first kappa shape index (κ1) is 71.7. The van der Waals surface area contributed by atoms with Gasteiger partial charge in [-0.3, -0.25) is 0 Å².